The maximum absolute atomic E-state index is 15.4. The van der Waals surface area contributed by atoms with E-state index in [0.29, 0.717) is 53.4 Å². The zero-order valence-electron chi connectivity index (χ0n) is 73.1. The Morgan fingerprint density at radius 1 is 0.500 bits per heavy atom. The maximum Gasteiger partial charge on any atom is 0.326 e. The predicted octanol–water partition coefficient (Wildman–Crippen LogP) is -6.01. The molecule has 1 saturated heterocycles. The van der Waals surface area contributed by atoms with Crippen LogP contribution in [0.25, 0.3) is 10.9 Å². The fraction of sp³-hybridized carbons (Fsp3) is 0.460. The Morgan fingerprint density at radius 2 is 0.992 bits per heavy atom. The van der Waals surface area contributed by atoms with Crippen molar-refractivity contribution >= 4 is 117 Å². The van der Waals surface area contributed by atoms with Crippen molar-refractivity contribution in [3.63, 3.8) is 0 Å². The lowest BCUT2D eigenvalue weighted by Crippen LogP contribution is -2.62. The highest BCUT2D eigenvalue weighted by molar-refractivity contribution is 6.02. The Bertz CT molecular complexity index is 4990. The number of carboxylic acid groups (broad SMARTS) is 2. The SMILES string of the molecule is CC[C@H](C)[C@H](NC(=O)[C@@H](N)CCCCN)C(=O)NCC(=O)N[C@H](C(=O)N[C@H](C(=O)N1CCC[C@H]1C(=O)N[C@@H](CCC(N)=O)C(=O)N[C@@H](CC(N)=O)C(=O)N[C@@H](CC(=O)O)C(=O)N[C@@H](Cc1c[nH]c2ccccc12)C(=O)N[C@@H](Cc1ccc(O)cc1)C(=O)N[C@@H](Cc1ccccc1)C(=O)N[C@@H](Cc1ccccc1)C(=O)N[C@@H](CO)C(=O)N[C@@H](Cc1c[nH]cn1)C(=O)O)[C@@H](C)O)[C@@H](C)O. The number of carboxylic acids is 2. The molecule has 0 spiro atoms. The summed E-state index contributed by atoms with van der Waals surface area (Å²) < 4.78 is 0. The van der Waals surface area contributed by atoms with Gasteiger partial charge in [0.25, 0.3) is 0 Å². The van der Waals surface area contributed by atoms with Gasteiger partial charge in [-0.1, -0.05) is 118 Å². The van der Waals surface area contributed by atoms with Crippen molar-refractivity contribution in [3.05, 3.63) is 156 Å². The molecule has 1 aliphatic rings. The molecule has 1 fully saturated rings. The largest absolute Gasteiger partial charge is 0.508 e. The molecule has 45 nitrogen and oxygen atoms in total. The Balaban J connectivity index is 1.11. The number of fused-ring (bicyclic) bond motifs is 1. The fourth-order valence-electron chi connectivity index (χ4n) is 14.3. The lowest BCUT2D eigenvalue weighted by atomic mass is 9.97. The van der Waals surface area contributed by atoms with Crippen LogP contribution in [0.15, 0.2) is 128 Å². The van der Waals surface area contributed by atoms with E-state index in [4.69, 9.17) is 22.9 Å². The molecule has 45 heteroatoms. The Hall–Kier alpha value is -14.3. The van der Waals surface area contributed by atoms with Gasteiger partial charge in [-0.25, -0.2) is 9.78 Å². The number of carbonyl (C=O) groups excluding carboxylic acids is 16. The molecular formula is C87H117N21O24. The maximum atomic E-state index is 15.4. The highest BCUT2D eigenvalue weighted by Crippen LogP contribution is 2.24. The molecule has 714 valence electrons. The summed E-state index contributed by atoms with van der Waals surface area (Å²) in [7, 11) is 0. The van der Waals surface area contributed by atoms with Gasteiger partial charge in [0.05, 0.1) is 56.3 Å². The number of imidazole rings is 1. The van der Waals surface area contributed by atoms with E-state index in [1.165, 1.54) is 43.0 Å². The van der Waals surface area contributed by atoms with Crippen LogP contribution in [0.2, 0.25) is 0 Å². The van der Waals surface area contributed by atoms with E-state index in [0.717, 1.165) is 18.7 Å². The number of hydrogen-bond acceptors (Lipinski definition) is 25. The smallest absolute Gasteiger partial charge is 0.326 e. The first-order valence-corrected chi connectivity index (χ1v) is 42.8. The summed E-state index contributed by atoms with van der Waals surface area (Å²) in [5.41, 5.74) is 25.0. The highest BCUT2D eigenvalue weighted by atomic mass is 16.4. The van der Waals surface area contributed by atoms with Gasteiger partial charge in [0, 0.05) is 68.4 Å². The van der Waals surface area contributed by atoms with Crippen LogP contribution in [0.4, 0.5) is 0 Å². The van der Waals surface area contributed by atoms with Crippen LogP contribution in [0, 0.1) is 5.92 Å². The lowest BCUT2D eigenvalue weighted by molar-refractivity contribution is -0.145. The van der Waals surface area contributed by atoms with Crippen molar-refractivity contribution in [2.75, 3.05) is 26.2 Å². The summed E-state index contributed by atoms with van der Waals surface area (Å²) >= 11 is 0. The zero-order chi connectivity index (χ0) is 97.0. The van der Waals surface area contributed by atoms with E-state index in [2.05, 4.69) is 84.1 Å². The van der Waals surface area contributed by atoms with Crippen molar-refractivity contribution in [1.82, 2.24) is 89.0 Å². The number of aromatic nitrogens is 3. The van der Waals surface area contributed by atoms with Gasteiger partial charge in [-0.15, -0.1) is 0 Å². The number of aliphatic carboxylic acids is 2. The molecule has 0 bridgehead atoms. The van der Waals surface area contributed by atoms with E-state index in [1.807, 2.05) is 0 Å². The summed E-state index contributed by atoms with van der Waals surface area (Å²) in [6, 6.07) is 4.34. The molecule has 132 heavy (non-hydrogen) atoms. The van der Waals surface area contributed by atoms with E-state index in [9.17, 15) is 103 Å². The molecule has 0 unspecified atom stereocenters. The van der Waals surface area contributed by atoms with E-state index in [1.54, 1.807) is 98.8 Å². The number of aromatic amines is 2. The number of hydrogen-bond donors (Lipinski definition) is 25. The molecule has 4 aromatic carbocycles. The fourth-order valence-corrected chi connectivity index (χ4v) is 14.3. The summed E-state index contributed by atoms with van der Waals surface area (Å²) in [5.74, 6) is -21.8. The molecule has 3 heterocycles. The van der Waals surface area contributed by atoms with E-state index in [-0.39, 0.29) is 62.1 Å². The van der Waals surface area contributed by atoms with Gasteiger partial charge in [-0.2, -0.15) is 0 Å². The minimum atomic E-state index is -2.24. The van der Waals surface area contributed by atoms with Crippen LogP contribution in [0.5, 0.6) is 5.75 Å². The topological polar surface area (TPSA) is 737 Å². The van der Waals surface area contributed by atoms with Crippen LogP contribution in [-0.2, 0) is 118 Å². The molecule has 17 atom stereocenters. The number of nitrogens with zero attached hydrogens (tertiary/aromatic N) is 2. The first-order chi connectivity index (χ1) is 62.8. The van der Waals surface area contributed by atoms with Crippen molar-refractivity contribution in [3.8, 4) is 5.75 Å². The minimum absolute atomic E-state index is 0.0858. The molecule has 0 aliphatic carbocycles. The molecular weight excluding hydrogens is 1720 g/mol. The van der Waals surface area contributed by atoms with Crippen LogP contribution < -0.4 is 92.1 Å². The quantitative estimate of drug-likeness (QED) is 0.0158. The van der Waals surface area contributed by atoms with Crippen LogP contribution >= 0.6 is 0 Å². The second-order valence-electron chi connectivity index (χ2n) is 32.1. The number of benzene rings is 4. The monoisotopic (exact) mass is 1840 g/mol. The van der Waals surface area contributed by atoms with Gasteiger partial charge in [0.15, 0.2) is 0 Å². The third kappa shape index (κ3) is 32.7. The number of likely N-dealkylation sites (tertiary alicyclic amines) is 1. The van der Waals surface area contributed by atoms with Gasteiger partial charge in [0.2, 0.25) is 94.5 Å². The summed E-state index contributed by atoms with van der Waals surface area (Å²) in [5, 5.41) is 94.8. The number of phenolic OH excluding ortho intramolecular Hbond substituents is 1. The molecule has 2 aromatic heterocycles. The molecule has 0 radical (unpaired) electrons. The van der Waals surface area contributed by atoms with Gasteiger partial charge < -0.3 is 138 Å². The third-order valence-corrected chi connectivity index (χ3v) is 21.8. The van der Waals surface area contributed by atoms with Gasteiger partial charge in [-0.05, 0) is 98.9 Å². The van der Waals surface area contributed by atoms with E-state index < -0.39 is 261 Å². The first-order valence-electron chi connectivity index (χ1n) is 42.8. The van der Waals surface area contributed by atoms with E-state index >= 15 is 14.4 Å². The number of rotatable bonds is 54. The van der Waals surface area contributed by atoms with Crippen molar-refractivity contribution in [2.45, 2.75) is 221 Å². The van der Waals surface area contributed by atoms with Crippen LogP contribution in [-0.4, -0.2) is 280 Å². The molecule has 7 rings (SSSR count). The van der Waals surface area contributed by atoms with Crippen molar-refractivity contribution < 1.29 is 117 Å². The zero-order valence-corrected chi connectivity index (χ0v) is 73.1. The minimum Gasteiger partial charge on any atom is -0.508 e. The number of aromatic hydroxyl groups is 1. The Morgan fingerprint density at radius 3 is 1.50 bits per heavy atom. The Kier molecular flexibility index (Phi) is 41.1. The second kappa shape index (κ2) is 51.8. The second-order valence-corrected chi connectivity index (χ2v) is 32.1. The first kappa shape index (κ1) is 105. The normalized spacial score (nSPS) is 16.0. The average Bonchev–Trinajstić information content (AvgIpc) is 1.71. The number of nitrogens with one attached hydrogen (secondary N) is 15. The number of primary amides is 2. The number of aliphatic hydroxyl groups is 3. The number of carbonyl (C=O) groups is 18. The number of phenols is 1. The van der Waals surface area contributed by atoms with Crippen LogP contribution in [0.1, 0.15) is 120 Å². The highest BCUT2D eigenvalue weighted by Gasteiger charge is 2.44. The number of para-hydroxylation sites is 1. The van der Waals surface area contributed by atoms with Crippen LogP contribution in [0.3, 0.4) is 0 Å². The molecule has 16 amide bonds. The van der Waals surface area contributed by atoms with Gasteiger partial charge >= 0.3 is 11.9 Å². The van der Waals surface area contributed by atoms with Gasteiger partial charge in [0.1, 0.15) is 84.3 Å². The molecule has 6 aromatic rings. The average molecular weight is 1840 g/mol. The number of H-pyrrole nitrogens is 2. The number of aliphatic hydroxyl groups excluding tert-OH is 3. The number of unbranched alkanes of at least 4 members (excludes halogenated alkanes) is 1. The Labute approximate surface area is 757 Å². The standard InChI is InChI=1S/C87H117N21O24/c1-5-45(2)71(106-74(118)55(89)22-14-15-31-88)84(128)94-42-69(115)105-72(46(3)110)85(129)107-73(47(4)111)86(130)108-32-16-24-66(108)83(127)96-57(29-30-67(90)113)75(119)101-62(38-68(91)114)80(124)102-63(39-70(116)117)81(125)100-61(36-51-40-93-56-23-13-12-21-54(51)56)79(123)99-60(35-50-25-27-53(112)28-26-50)77(121)97-58(33-48-17-8-6-9-18-48)76(120)98-59(34-49-19-10-7-11-20-49)78(122)104-65(43-109)82(126)103-64(87(131)132)37-52-41-92-44-95-52/h6-13,17-21,23,25-28,40-41,44-47,55,57-66,71-73,93,109-112H,5,14-16,22,24,29-39,42-43,88-89H2,1-4H3,(H2,90,113)(H2,91,114)(H,92,95)(H,94,128)(H,96,127)(H,97,121)(H,98,120)(H,99,123)(H,100,125)(H,101,119)(H,102,124)(H,103,126)(H,104,122)(H,105,115)(H,106,118)(H,107,129)(H,116,117)(H,131,132)/t45-,46+,47+,55-,57-,58-,59-,60-,61-,62-,63-,64-,65-,66-,71-,72-,73-/m0/s1. The molecule has 1 aliphatic heterocycles. The molecule has 0 saturated carbocycles. The molecule has 29 N–H and O–H groups in total. The predicted molar refractivity (Wildman–Crippen MR) is 470 cm³/mol. The van der Waals surface area contributed by atoms with Gasteiger partial charge in [-0.3, -0.25) is 81.5 Å². The number of amides is 16. The summed E-state index contributed by atoms with van der Waals surface area (Å²) in [6.45, 7) is 3.96. The number of nitrogens with two attached hydrogens (primary N) is 4. The van der Waals surface area contributed by atoms with Crippen molar-refractivity contribution in [1.29, 1.82) is 0 Å². The summed E-state index contributed by atoms with van der Waals surface area (Å²) in [6.07, 6.45) is -2.98. The van der Waals surface area contributed by atoms with Crippen molar-refractivity contribution in [2.24, 2.45) is 28.9 Å². The summed E-state index contributed by atoms with van der Waals surface area (Å²) in [4.78, 5) is 262. The third-order valence-electron chi connectivity index (χ3n) is 21.8. The lowest BCUT2D eigenvalue weighted by Gasteiger charge is -2.32.